The van der Waals surface area contributed by atoms with Crippen LogP contribution in [-0.2, 0) is 0 Å². The monoisotopic (exact) mass is 373 g/mol. The number of benzene rings is 4. The highest BCUT2D eigenvalue weighted by molar-refractivity contribution is 6.32. The van der Waals surface area contributed by atoms with Crippen molar-refractivity contribution in [2.24, 2.45) is 4.99 Å². The molecule has 0 saturated heterocycles. The van der Waals surface area contributed by atoms with Crippen molar-refractivity contribution in [1.29, 1.82) is 0 Å². The zero-order valence-electron chi connectivity index (χ0n) is 14.3. The highest BCUT2D eigenvalue weighted by Crippen LogP contribution is 2.30. The summed E-state index contributed by atoms with van der Waals surface area (Å²) in [6, 6.07) is 26.2. The zero-order chi connectivity index (χ0) is 18.6. The van der Waals surface area contributed by atoms with Crippen LogP contribution in [0, 0.1) is 0 Å². The van der Waals surface area contributed by atoms with E-state index in [1.165, 1.54) is 0 Å². The lowest BCUT2D eigenvalue weighted by Gasteiger charge is -2.07. The fourth-order valence-electron chi connectivity index (χ4n) is 2.81. The molecule has 3 nitrogen and oxygen atoms in total. The van der Waals surface area contributed by atoms with Crippen LogP contribution < -0.4 is 4.74 Å². The van der Waals surface area contributed by atoms with E-state index in [-0.39, 0.29) is 5.75 Å². The Balaban J connectivity index is 1.57. The van der Waals surface area contributed by atoms with Gasteiger partial charge in [0.05, 0.1) is 10.7 Å². The molecule has 132 valence electrons. The van der Waals surface area contributed by atoms with Crippen LogP contribution in [0.25, 0.3) is 10.8 Å². The van der Waals surface area contributed by atoms with E-state index in [9.17, 15) is 5.11 Å². The molecule has 1 N–H and O–H groups in total. The molecule has 4 aromatic rings. The number of phenols is 1. The van der Waals surface area contributed by atoms with Crippen molar-refractivity contribution in [1.82, 2.24) is 0 Å². The summed E-state index contributed by atoms with van der Waals surface area (Å²) < 4.78 is 5.78. The third-order valence-corrected chi connectivity index (χ3v) is 4.50. The van der Waals surface area contributed by atoms with Crippen LogP contribution in [0.15, 0.2) is 89.9 Å². The van der Waals surface area contributed by atoms with Gasteiger partial charge in [0.2, 0.25) is 0 Å². The molecular weight excluding hydrogens is 358 g/mol. The topological polar surface area (TPSA) is 41.8 Å². The average molecular weight is 374 g/mol. The van der Waals surface area contributed by atoms with Gasteiger partial charge in [-0.25, -0.2) is 0 Å². The molecule has 0 atom stereocenters. The average Bonchev–Trinajstić information content (AvgIpc) is 2.70. The Kier molecular flexibility index (Phi) is 4.77. The Bertz CT molecular complexity index is 1120. The Morgan fingerprint density at radius 1 is 0.815 bits per heavy atom. The molecule has 4 heteroatoms. The van der Waals surface area contributed by atoms with Crippen molar-refractivity contribution in [3.63, 3.8) is 0 Å². The number of para-hydroxylation sites is 1. The van der Waals surface area contributed by atoms with Crippen molar-refractivity contribution >= 4 is 34.3 Å². The number of halogens is 1. The standard InChI is InChI=1S/C23H16ClNO2/c24-21-7-3-4-8-23(21)27-18-12-10-17(11-13-18)25-15-20-19-6-2-1-5-16(19)9-14-22(20)26/h1-15,26H. The maximum absolute atomic E-state index is 10.2. The lowest BCUT2D eigenvalue weighted by atomic mass is 10.0. The summed E-state index contributed by atoms with van der Waals surface area (Å²) in [5.74, 6) is 1.49. The fourth-order valence-corrected chi connectivity index (χ4v) is 2.99. The summed E-state index contributed by atoms with van der Waals surface area (Å²) >= 11 is 6.11. The van der Waals surface area contributed by atoms with E-state index in [2.05, 4.69) is 4.99 Å². The lowest BCUT2D eigenvalue weighted by Crippen LogP contribution is -1.86. The first kappa shape index (κ1) is 17.1. The van der Waals surface area contributed by atoms with Crippen LogP contribution in [-0.4, -0.2) is 11.3 Å². The molecule has 4 rings (SSSR count). The van der Waals surface area contributed by atoms with E-state index < -0.39 is 0 Å². The molecule has 0 saturated carbocycles. The number of nitrogens with zero attached hydrogens (tertiary/aromatic N) is 1. The number of rotatable bonds is 4. The highest BCUT2D eigenvalue weighted by Gasteiger charge is 2.05. The largest absolute Gasteiger partial charge is 0.507 e. The molecule has 0 aliphatic carbocycles. The first-order chi connectivity index (χ1) is 13.2. The molecule has 0 aliphatic heterocycles. The van der Waals surface area contributed by atoms with Gasteiger partial charge in [0.15, 0.2) is 0 Å². The second-order valence-electron chi connectivity index (χ2n) is 6.00. The highest BCUT2D eigenvalue weighted by atomic mass is 35.5. The minimum atomic E-state index is 0.205. The maximum Gasteiger partial charge on any atom is 0.146 e. The van der Waals surface area contributed by atoms with Gasteiger partial charge in [-0.15, -0.1) is 0 Å². The summed E-state index contributed by atoms with van der Waals surface area (Å²) in [7, 11) is 0. The van der Waals surface area contributed by atoms with E-state index >= 15 is 0 Å². The van der Waals surface area contributed by atoms with Crippen LogP contribution in [0.3, 0.4) is 0 Å². The van der Waals surface area contributed by atoms with Gasteiger partial charge in [0, 0.05) is 11.8 Å². The summed E-state index contributed by atoms with van der Waals surface area (Å²) in [6.07, 6.45) is 1.68. The SMILES string of the molecule is Oc1ccc2ccccc2c1C=Nc1ccc(Oc2ccccc2Cl)cc1. The van der Waals surface area contributed by atoms with Gasteiger partial charge in [0.1, 0.15) is 17.2 Å². The maximum atomic E-state index is 10.2. The summed E-state index contributed by atoms with van der Waals surface area (Å²) in [5, 5.41) is 12.8. The fraction of sp³-hybridized carbons (Fsp3) is 0. The second kappa shape index (κ2) is 7.52. The second-order valence-corrected chi connectivity index (χ2v) is 6.41. The first-order valence-electron chi connectivity index (χ1n) is 8.48. The number of hydrogen-bond donors (Lipinski definition) is 1. The van der Waals surface area contributed by atoms with E-state index in [1.807, 2.05) is 72.8 Å². The quantitative estimate of drug-likeness (QED) is 0.402. The normalized spacial score (nSPS) is 11.1. The van der Waals surface area contributed by atoms with Crippen molar-refractivity contribution in [3.8, 4) is 17.2 Å². The molecule has 0 aliphatic rings. The van der Waals surface area contributed by atoms with E-state index in [0.717, 1.165) is 16.5 Å². The van der Waals surface area contributed by atoms with Crippen LogP contribution in [0.4, 0.5) is 5.69 Å². The number of phenolic OH excluding ortho intramolecular Hbond substituents is 1. The summed E-state index contributed by atoms with van der Waals surface area (Å²) in [6.45, 7) is 0. The van der Waals surface area contributed by atoms with Gasteiger partial charge in [-0.2, -0.15) is 0 Å². The number of aromatic hydroxyl groups is 1. The predicted molar refractivity (Wildman–Crippen MR) is 111 cm³/mol. The third-order valence-electron chi connectivity index (χ3n) is 4.19. The third kappa shape index (κ3) is 3.78. The smallest absolute Gasteiger partial charge is 0.146 e. The van der Waals surface area contributed by atoms with Gasteiger partial charge >= 0.3 is 0 Å². The Labute approximate surface area is 162 Å². The number of hydrogen-bond acceptors (Lipinski definition) is 3. The van der Waals surface area contributed by atoms with Crippen molar-refractivity contribution < 1.29 is 9.84 Å². The molecule has 0 heterocycles. The lowest BCUT2D eigenvalue weighted by molar-refractivity contribution is 0.475. The van der Waals surface area contributed by atoms with Crippen LogP contribution in [0.5, 0.6) is 17.2 Å². The molecule has 0 unspecified atom stereocenters. The van der Waals surface area contributed by atoms with E-state index in [4.69, 9.17) is 16.3 Å². The molecule has 0 amide bonds. The Morgan fingerprint density at radius 3 is 2.37 bits per heavy atom. The minimum Gasteiger partial charge on any atom is -0.507 e. The molecule has 0 radical (unpaired) electrons. The van der Waals surface area contributed by atoms with Crippen LogP contribution >= 0.6 is 11.6 Å². The minimum absolute atomic E-state index is 0.205. The predicted octanol–water partition coefficient (Wildman–Crippen LogP) is 6.74. The molecule has 27 heavy (non-hydrogen) atoms. The van der Waals surface area contributed by atoms with Crippen molar-refractivity contribution in [2.75, 3.05) is 0 Å². The molecule has 0 spiro atoms. The first-order valence-corrected chi connectivity index (χ1v) is 8.86. The number of fused-ring (bicyclic) bond motifs is 1. The Morgan fingerprint density at radius 2 is 1.56 bits per heavy atom. The van der Waals surface area contributed by atoms with E-state index in [0.29, 0.717) is 22.1 Å². The molecule has 0 aromatic heterocycles. The number of ether oxygens (including phenoxy) is 1. The van der Waals surface area contributed by atoms with Gasteiger partial charge < -0.3 is 9.84 Å². The molecular formula is C23H16ClNO2. The van der Waals surface area contributed by atoms with Crippen molar-refractivity contribution in [3.05, 3.63) is 95.5 Å². The van der Waals surface area contributed by atoms with Crippen LogP contribution in [0.1, 0.15) is 5.56 Å². The summed E-state index contributed by atoms with van der Waals surface area (Å²) in [4.78, 5) is 4.49. The number of aliphatic imine (C=N–C) groups is 1. The van der Waals surface area contributed by atoms with Gasteiger partial charge in [-0.05, 0) is 53.2 Å². The summed E-state index contributed by atoms with van der Waals surface area (Å²) in [5.41, 5.74) is 1.46. The van der Waals surface area contributed by atoms with E-state index in [1.54, 1.807) is 18.3 Å². The van der Waals surface area contributed by atoms with Gasteiger partial charge in [0.25, 0.3) is 0 Å². The van der Waals surface area contributed by atoms with Gasteiger partial charge in [-0.3, -0.25) is 4.99 Å². The van der Waals surface area contributed by atoms with Gasteiger partial charge in [-0.1, -0.05) is 54.1 Å². The van der Waals surface area contributed by atoms with Crippen LogP contribution in [0.2, 0.25) is 5.02 Å². The molecule has 0 bridgehead atoms. The molecule has 4 aromatic carbocycles. The Hall–Kier alpha value is -3.30. The molecule has 0 fully saturated rings. The van der Waals surface area contributed by atoms with Crippen molar-refractivity contribution in [2.45, 2.75) is 0 Å². The zero-order valence-corrected chi connectivity index (χ0v) is 15.1.